The standard InChI is InChI=1S/C15H23NO2/c1-16(12-7-3-4-8-12)11-14(17)13-9-5-6-10-15(13)18-2/h5-6,9-10,12,14,17H,3-4,7-8,11H2,1-2H3. The van der Waals surface area contributed by atoms with Gasteiger partial charge in [0.15, 0.2) is 0 Å². The molecule has 1 aromatic carbocycles. The largest absolute Gasteiger partial charge is 0.496 e. The van der Waals surface area contributed by atoms with Crippen molar-refractivity contribution in [2.45, 2.75) is 37.8 Å². The summed E-state index contributed by atoms with van der Waals surface area (Å²) in [6, 6.07) is 8.33. The average molecular weight is 249 g/mol. The van der Waals surface area contributed by atoms with E-state index in [0.29, 0.717) is 12.6 Å². The second-order valence-electron chi connectivity index (χ2n) is 5.14. The molecule has 0 saturated heterocycles. The molecule has 0 spiro atoms. The third-order valence-electron chi connectivity index (χ3n) is 3.91. The Kier molecular flexibility index (Phi) is 4.61. The predicted molar refractivity (Wildman–Crippen MR) is 72.8 cm³/mol. The van der Waals surface area contributed by atoms with Gasteiger partial charge in [-0.3, -0.25) is 0 Å². The molecular formula is C15H23NO2. The van der Waals surface area contributed by atoms with Crippen LogP contribution < -0.4 is 4.74 Å². The van der Waals surface area contributed by atoms with Gasteiger partial charge in [-0.25, -0.2) is 0 Å². The van der Waals surface area contributed by atoms with Crippen molar-refractivity contribution in [1.29, 1.82) is 0 Å². The summed E-state index contributed by atoms with van der Waals surface area (Å²) < 4.78 is 5.29. The van der Waals surface area contributed by atoms with Gasteiger partial charge in [-0.15, -0.1) is 0 Å². The normalized spacial score (nSPS) is 18.2. The van der Waals surface area contributed by atoms with E-state index in [2.05, 4.69) is 11.9 Å². The summed E-state index contributed by atoms with van der Waals surface area (Å²) in [5.41, 5.74) is 0.879. The van der Waals surface area contributed by atoms with Crippen LogP contribution in [-0.2, 0) is 0 Å². The minimum atomic E-state index is -0.480. The van der Waals surface area contributed by atoms with E-state index in [0.717, 1.165) is 11.3 Å². The minimum absolute atomic E-state index is 0.480. The Labute approximate surface area is 109 Å². The fourth-order valence-corrected chi connectivity index (χ4v) is 2.81. The zero-order chi connectivity index (χ0) is 13.0. The van der Waals surface area contributed by atoms with E-state index in [1.807, 2.05) is 24.3 Å². The van der Waals surface area contributed by atoms with E-state index in [1.54, 1.807) is 7.11 Å². The molecule has 0 radical (unpaired) electrons. The summed E-state index contributed by atoms with van der Waals surface area (Å²) >= 11 is 0. The van der Waals surface area contributed by atoms with Gasteiger partial charge in [0.2, 0.25) is 0 Å². The lowest BCUT2D eigenvalue weighted by atomic mass is 10.1. The lowest BCUT2D eigenvalue weighted by molar-refractivity contribution is 0.103. The van der Waals surface area contributed by atoms with Gasteiger partial charge >= 0.3 is 0 Å². The highest BCUT2D eigenvalue weighted by Crippen LogP contribution is 2.28. The molecule has 18 heavy (non-hydrogen) atoms. The van der Waals surface area contributed by atoms with E-state index in [-0.39, 0.29) is 0 Å². The molecule has 0 aromatic heterocycles. The number of aliphatic hydroxyl groups is 1. The molecule has 1 N–H and O–H groups in total. The second kappa shape index (κ2) is 6.21. The van der Waals surface area contributed by atoms with Crippen molar-refractivity contribution in [1.82, 2.24) is 4.90 Å². The minimum Gasteiger partial charge on any atom is -0.496 e. The summed E-state index contributed by atoms with van der Waals surface area (Å²) in [6.07, 6.45) is 4.68. The van der Waals surface area contributed by atoms with Crippen molar-refractivity contribution in [2.75, 3.05) is 20.7 Å². The van der Waals surface area contributed by atoms with Crippen LogP contribution in [0.5, 0.6) is 5.75 Å². The van der Waals surface area contributed by atoms with Gasteiger partial charge in [-0.05, 0) is 26.0 Å². The summed E-state index contributed by atoms with van der Waals surface area (Å²) in [6.45, 7) is 0.672. The second-order valence-corrected chi connectivity index (χ2v) is 5.14. The van der Waals surface area contributed by atoms with Crippen LogP contribution in [0.1, 0.15) is 37.4 Å². The number of ether oxygens (including phenoxy) is 1. The first-order valence-corrected chi connectivity index (χ1v) is 6.73. The summed E-state index contributed by atoms with van der Waals surface area (Å²) in [5, 5.41) is 10.3. The van der Waals surface area contributed by atoms with E-state index in [9.17, 15) is 5.11 Å². The number of hydrogen-bond acceptors (Lipinski definition) is 3. The Bertz CT molecular complexity index is 375. The first-order valence-electron chi connectivity index (χ1n) is 6.73. The zero-order valence-corrected chi connectivity index (χ0v) is 11.3. The molecule has 3 nitrogen and oxygen atoms in total. The van der Waals surface area contributed by atoms with E-state index in [1.165, 1.54) is 25.7 Å². The van der Waals surface area contributed by atoms with Gasteiger partial charge in [0.25, 0.3) is 0 Å². The van der Waals surface area contributed by atoms with Crippen LogP contribution >= 0.6 is 0 Å². The first kappa shape index (κ1) is 13.4. The average Bonchev–Trinajstić information content (AvgIpc) is 2.92. The molecule has 0 bridgehead atoms. The van der Waals surface area contributed by atoms with E-state index in [4.69, 9.17) is 4.74 Å². The SMILES string of the molecule is COc1ccccc1C(O)CN(C)C1CCCC1. The molecule has 100 valence electrons. The molecular weight excluding hydrogens is 226 g/mol. The summed E-state index contributed by atoms with van der Waals surface area (Å²) in [5.74, 6) is 0.768. The zero-order valence-electron chi connectivity index (χ0n) is 11.3. The predicted octanol–water partition coefficient (Wildman–Crippen LogP) is 2.60. The van der Waals surface area contributed by atoms with Crippen LogP contribution in [0, 0.1) is 0 Å². The number of likely N-dealkylation sites (N-methyl/N-ethyl adjacent to an activating group) is 1. The van der Waals surface area contributed by atoms with Gasteiger partial charge in [-0.2, -0.15) is 0 Å². The number of benzene rings is 1. The number of para-hydroxylation sites is 1. The number of nitrogens with zero attached hydrogens (tertiary/aromatic N) is 1. The van der Waals surface area contributed by atoms with Crippen molar-refractivity contribution < 1.29 is 9.84 Å². The highest BCUT2D eigenvalue weighted by atomic mass is 16.5. The molecule has 0 aliphatic heterocycles. The first-order chi connectivity index (χ1) is 8.72. The smallest absolute Gasteiger partial charge is 0.124 e. The van der Waals surface area contributed by atoms with Crippen LogP contribution in [0.25, 0.3) is 0 Å². The molecule has 1 unspecified atom stereocenters. The molecule has 2 rings (SSSR count). The van der Waals surface area contributed by atoms with Crippen LogP contribution in [0.3, 0.4) is 0 Å². The monoisotopic (exact) mass is 249 g/mol. The van der Waals surface area contributed by atoms with Crippen molar-refractivity contribution >= 4 is 0 Å². The fourth-order valence-electron chi connectivity index (χ4n) is 2.81. The molecule has 1 fully saturated rings. The van der Waals surface area contributed by atoms with Crippen molar-refractivity contribution in [3.8, 4) is 5.75 Å². The van der Waals surface area contributed by atoms with E-state index >= 15 is 0 Å². The maximum Gasteiger partial charge on any atom is 0.124 e. The number of methoxy groups -OCH3 is 1. The molecule has 0 amide bonds. The number of hydrogen-bond donors (Lipinski definition) is 1. The Morgan fingerprint density at radius 2 is 2.00 bits per heavy atom. The number of rotatable bonds is 5. The van der Waals surface area contributed by atoms with Gasteiger partial charge < -0.3 is 14.7 Å². The quantitative estimate of drug-likeness (QED) is 0.870. The lowest BCUT2D eigenvalue weighted by Crippen LogP contribution is -2.33. The van der Waals surface area contributed by atoms with Crippen molar-refractivity contribution in [3.63, 3.8) is 0 Å². The van der Waals surface area contributed by atoms with Gasteiger partial charge in [-0.1, -0.05) is 31.0 Å². The topological polar surface area (TPSA) is 32.7 Å². The Morgan fingerprint density at radius 3 is 2.67 bits per heavy atom. The van der Waals surface area contributed by atoms with Crippen LogP contribution in [0.4, 0.5) is 0 Å². The fraction of sp³-hybridized carbons (Fsp3) is 0.600. The molecule has 1 aliphatic rings. The maximum absolute atomic E-state index is 10.3. The molecule has 1 aromatic rings. The Hall–Kier alpha value is -1.06. The third-order valence-corrected chi connectivity index (χ3v) is 3.91. The molecule has 0 heterocycles. The maximum atomic E-state index is 10.3. The molecule has 3 heteroatoms. The van der Waals surface area contributed by atoms with Gasteiger partial charge in [0.05, 0.1) is 13.2 Å². The van der Waals surface area contributed by atoms with E-state index < -0.39 is 6.10 Å². The van der Waals surface area contributed by atoms with Crippen LogP contribution in [-0.4, -0.2) is 36.8 Å². The molecule has 1 atom stereocenters. The molecule has 1 saturated carbocycles. The van der Waals surface area contributed by atoms with Gasteiger partial charge in [0.1, 0.15) is 5.75 Å². The Balaban J connectivity index is 1.99. The molecule has 1 aliphatic carbocycles. The van der Waals surface area contributed by atoms with Crippen molar-refractivity contribution in [2.24, 2.45) is 0 Å². The Morgan fingerprint density at radius 1 is 1.33 bits per heavy atom. The van der Waals surface area contributed by atoms with Crippen LogP contribution in [0.2, 0.25) is 0 Å². The van der Waals surface area contributed by atoms with Crippen LogP contribution in [0.15, 0.2) is 24.3 Å². The highest BCUT2D eigenvalue weighted by Gasteiger charge is 2.22. The van der Waals surface area contributed by atoms with Gasteiger partial charge in [0, 0.05) is 18.2 Å². The highest BCUT2D eigenvalue weighted by molar-refractivity contribution is 5.35. The number of aliphatic hydroxyl groups excluding tert-OH is 1. The summed E-state index contributed by atoms with van der Waals surface area (Å²) in [7, 11) is 3.75. The van der Waals surface area contributed by atoms with Crippen molar-refractivity contribution in [3.05, 3.63) is 29.8 Å². The lowest BCUT2D eigenvalue weighted by Gasteiger charge is -2.27. The summed E-state index contributed by atoms with van der Waals surface area (Å²) in [4.78, 5) is 2.28. The third kappa shape index (κ3) is 3.03.